The fraction of sp³-hybridized carbons (Fsp3) is 0.364. The number of halogens is 1. The van der Waals surface area contributed by atoms with E-state index in [4.69, 9.17) is 11.6 Å². The quantitative estimate of drug-likeness (QED) is 0.598. The monoisotopic (exact) mass is 257 g/mol. The smallest absolute Gasteiger partial charge is 0.341 e. The minimum atomic E-state index is -0.717. The van der Waals surface area contributed by atoms with Crippen LogP contribution in [-0.4, -0.2) is 31.1 Å². The molecule has 17 heavy (non-hydrogen) atoms. The predicted octanol–water partition coefficient (Wildman–Crippen LogP) is 1.93. The SMILES string of the molecule is COC(=O)c1c(Cl)nc(C)c(C)c1C(=O)OC. The third-order valence-electron chi connectivity index (χ3n) is 2.42. The molecule has 5 nitrogen and oxygen atoms in total. The highest BCUT2D eigenvalue weighted by atomic mass is 35.5. The van der Waals surface area contributed by atoms with Crippen molar-refractivity contribution in [3.8, 4) is 0 Å². The summed E-state index contributed by atoms with van der Waals surface area (Å²) < 4.78 is 9.21. The molecule has 0 aliphatic carbocycles. The Kier molecular flexibility index (Phi) is 4.07. The summed E-state index contributed by atoms with van der Waals surface area (Å²) in [6.07, 6.45) is 0. The predicted molar refractivity (Wildman–Crippen MR) is 61.4 cm³/mol. The van der Waals surface area contributed by atoms with Crippen molar-refractivity contribution in [2.45, 2.75) is 13.8 Å². The van der Waals surface area contributed by atoms with Crippen molar-refractivity contribution in [3.05, 3.63) is 27.5 Å². The summed E-state index contributed by atoms with van der Waals surface area (Å²) in [6.45, 7) is 3.35. The van der Waals surface area contributed by atoms with Gasteiger partial charge in [0.25, 0.3) is 0 Å². The molecule has 92 valence electrons. The number of carbonyl (C=O) groups excluding carboxylic acids is 2. The summed E-state index contributed by atoms with van der Waals surface area (Å²) in [4.78, 5) is 27.2. The molecule has 0 bridgehead atoms. The number of pyridine rings is 1. The average Bonchev–Trinajstić information content (AvgIpc) is 2.31. The summed E-state index contributed by atoms with van der Waals surface area (Å²) in [7, 11) is 2.43. The van der Waals surface area contributed by atoms with Crippen molar-refractivity contribution in [2.75, 3.05) is 14.2 Å². The largest absolute Gasteiger partial charge is 0.465 e. The van der Waals surface area contributed by atoms with E-state index in [1.165, 1.54) is 14.2 Å². The second kappa shape index (κ2) is 5.14. The van der Waals surface area contributed by atoms with Gasteiger partial charge >= 0.3 is 11.9 Å². The number of carbonyl (C=O) groups is 2. The Bertz CT molecular complexity index is 485. The molecule has 0 aromatic carbocycles. The number of esters is 2. The summed E-state index contributed by atoms with van der Waals surface area (Å²) in [5.41, 5.74) is 1.13. The number of ether oxygens (including phenoxy) is 2. The maximum Gasteiger partial charge on any atom is 0.341 e. The van der Waals surface area contributed by atoms with Crippen LogP contribution in [0.1, 0.15) is 32.0 Å². The van der Waals surface area contributed by atoms with E-state index < -0.39 is 11.9 Å². The van der Waals surface area contributed by atoms with Crippen LogP contribution in [0, 0.1) is 13.8 Å². The van der Waals surface area contributed by atoms with Crippen LogP contribution in [0.4, 0.5) is 0 Å². The van der Waals surface area contributed by atoms with Gasteiger partial charge in [-0.3, -0.25) is 0 Å². The Morgan fingerprint density at radius 3 is 2.00 bits per heavy atom. The van der Waals surface area contributed by atoms with Crippen LogP contribution in [0.25, 0.3) is 0 Å². The van der Waals surface area contributed by atoms with Crippen LogP contribution in [0.15, 0.2) is 0 Å². The fourth-order valence-corrected chi connectivity index (χ4v) is 1.70. The molecule has 0 atom stereocenters. The van der Waals surface area contributed by atoms with Crippen LogP contribution in [0.5, 0.6) is 0 Å². The fourth-order valence-electron chi connectivity index (χ4n) is 1.40. The van der Waals surface area contributed by atoms with Gasteiger partial charge in [-0.05, 0) is 19.4 Å². The van der Waals surface area contributed by atoms with Gasteiger partial charge in [0.2, 0.25) is 0 Å². The molecule has 0 radical (unpaired) electrons. The molecule has 1 heterocycles. The van der Waals surface area contributed by atoms with E-state index in [1.54, 1.807) is 13.8 Å². The van der Waals surface area contributed by atoms with E-state index >= 15 is 0 Å². The zero-order chi connectivity index (χ0) is 13.2. The lowest BCUT2D eigenvalue weighted by atomic mass is 10.0. The lowest BCUT2D eigenvalue weighted by Crippen LogP contribution is -2.16. The highest BCUT2D eigenvalue weighted by Gasteiger charge is 2.26. The van der Waals surface area contributed by atoms with E-state index in [0.29, 0.717) is 11.3 Å². The van der Waals surface area contributed by atoms with Crippen LogP contribution in [-0.2, 0) is 9.47 Å². The summed E-state index contributed by atoms with van der Waals surface area (Å²) in [5.74, 6) is -1.36. The number of methoxy groups -OCH3 is 2. The second-order valence-corrected chi connectivity index (χ2v) is 3.70. The second-order valence-electron chi connectivity index (χ2n) is 3.35. The molecular formula is C11H12ClNO4. The Morgan fingerprint density at radius 1 is 1.06 bits per heavy atom. The zero-order valence-corrected chi connectivity index (χ0v) is 10.7. The van der Waals surface area contributed by atoms with Gasteiger partial charge in [-0.2, -0.15) is 0 Å². The van der Waals surface area contributed by atoms with Gasteiger partial charge in [0.05, 0.1) is 19.8 Å². The molecule has 0 saturated heterocycles. The lowest BCUT2D eigenvalue weighted by Gasteiger charge is -2.12. The lowest BCUT2D eigenvalue weighted by molar-refractivity contribution is 0.0554. The standard InChI is InChI=1S/C11H12ClNO4/c1-5-6(2)13-9(12)8(11(15)17-4)7(5)10(14)16-3/h1-4H3. The first-order chi connectivity index (χ1) is 7.93. The van der Waals surface area contributed by atoms with E-state index in [0.717, 1.165) is 0 Å². The van der Waals surface area contributed by atoms with Crippen molar-refractivity contribution >= 4 is 23.5 Å². The van der Waals surface area contributed by atoms with Crippen LogP contribution in [0.3, 0.4) is 0 Å². The Morgan fingerprint density at radius 2 is 1.53 bits per heavy atom. The first kappa shape index (κ1) is 13.4. The van der Waals surface area contributed by atoms with Gasteiger partial charge in [-0.15, -0.1) is 0 Å². The molecule has 1 rings (SSSR count). The van der Waals surface area contributed by atoms with Gasteiger partial charge in [0, 0.05) is 5.69 Å². The van der Waals surface area contributed by atoms with E-state index in [-0.39, 0.29) is 16.3 Å². The normalized spacial score (nSPS) is 9.94. The van der Waals surface area contributed by atoms with Gasteiger partial charge < -0.3 is 9.47 Å². The summed E-state index contributed by atoms with van der Waals surface area (Å²) in [6, 6.07) is 0. The third-order valence-corrected chi connectivity index (χ3v) is 2.69. The number of aromatic nitrogens is 1. The summed E-state index contributed by atoms with van der Waals surface area (Å²) in [5, 5.41) is -0.0691. The van der Waals surface area contributed by atoms with Gasteiger partial charge in [-0.1, -0.05) is 11.6 Å². The van der Waals surface area contributed by atoms with Crippen molar-refractivity contribution in [3.63, 3.8) is 0 Å². The first-order valence-electron chi connectivity index (χ1n) is 4.77. The van der Waals surface area contributed by atoms with Crippen LogP contribution < -0.4 is 0 Å². The first-order valence-corrected chi connectivity index (χ1v) is 5.15. The molecule has 0 N–H and O–H groups in total. The van der Waals surface area contributed by atoms with Crippen molar-refractivity contribution < 1.29 is 19.1 Å². The molecular weight excluding hydrogens is 246 g/mol. The molecule has 0 saturated carbocycles. The molecule has 0 fully saturated rings. The van der Waals surface area contributed by atoms with Crippen molar-refractivity contribution in [1.29, 1.82) is 0 Å². The zero-order valence-electron chi connectivity index (χ0n) is 9.96. The molecule has 0 amide bonds. The van der Waals surface area contributed by atoms with Crippen LogP contribution >= 0.6 is 11.6 Å². The van der Waals surface area contributed by atoms with Crippen LogP contribution in [0.2, 0.25) is 5.15 Å². The van der Waals surface area contributed by atoms with E-state index in [2.05, 4.69) is 14.5 Å². The highest BCUT2D eigenvalue weighted by Crippen LogP contribution is 2.25. The topological polar surface area (TPSA) is 65.5 Å². The van der Waals surface area contributed by atoms with E-state index in [1.807, 2.05) is 0 Å². The molecule has 0 aliphatic heterocycles. The molecule has 1 aromatic rings. The molecule has 1 aromatic heterocycles. The molecule has 0 aliphatic rings. The van der Waals surface area contributed by atoms with E-state index in [9.17, 15) is 9.59 Å². The minimum Gasteiger partial charge on any atom is -0.465 e. The number of rotatable bonds is 2. The van der Waals surface area contributed by atoms with Gasteiger partial charge in [0.1, 0.15) is 10.7 Å². The third kappa shape index (κ3) is 2.39. The van der Waals surface area contributed by atoms with Gasteiger partial charge in [-0.25, -0.2) is 14.6 Å². The molecule has 0 spiro atoms. The maximum absolute atomic E-state index is 11.7. The Hall–Kier alpha value is -1.62. The Labute approximate surface area is 104 Å². The highest BCUT2D eigenvalue weighted by molar-refractivity contribution is 6.33. The number of hydrogen-bond acceptors (Lipinski definition) is 5. The average molecular weight is 258 g/mol. The van der Waals surface area contributed by atoms with Crippen molar-refractivity contribution in [1.82, 2.24) is 4.98 Å². The molecule has 0 unspecified atom stereocenters. The number of hydrogen-bond donors (Lipinski definition) is 0. The maximum atomic E-state index is 11.7. The number of aryl methyl sites for hydroxylation is 1. The van der Waals surface area contributed by atoms with Gasteiger partial charge in [0.15, 0.2) is 0 Å². The number of nitrogens with zero attached hydrogens (tertiary/aromatic N) is 1. The Balaban J connectivity index is 3.61. The summed E-state index contributed by atoms with van der Waals surface area (Å²) >= 11 is 5.86. The minimum absolute atomic E-state index is 0.0656. The van der Waals surface area contributed by atoms with Crippen molar-refractivity contribution in [2.24, 2.45) is 0 Å². The molecule has 6 heteroatoms.